The van der Waals surface area contributed by atoms with E-state index in [1.54, 1.807) is 6.08 Å². The SMILES string of the molecule is C=C/C=C(\C=N)n1c2ccccc2c2cc3c4c(nc(-c5ccccc5)n4-c4ccccc4)n(C(/C=C\C)=C/C=C)c3cc21.CC.CC. The Bertz CT molecular complexity index is 2320. The summed E-state index contributed by atoms with van der Waals surface area (Å²) >= 11 is 0. The molecule has 0 unspecified atom stereocenters. The summed E-state index contributed by atoms with van der Waals surface area (Å²) in [6.45, 7) is 17.9. The van der Waals surface area contributed by atoms with Gasteiger partial charge in [-0.2, -0.15) is 0 Å². The highest BCUT2D eigenvalue weighted by Gasteiger charge is 2.25. The number of aromatic nitrogens is 4. The molecule has 3 heterocycles. The molecule has 0 bridgehead atoms. The second-order valence-corrected chi connectivity index (χ2v) is 10.5. The van der Waals surface area contributed by atoms with E-state index in [1.165, 1.54) is 6.21 Å². The Hall–Kier alpha value is -5.94. The Labute approximate surface area is 283 Å². The number of fused-ring (bicyclic) bond motifs is 6. The second-order valence-electron chi connectivity index (χ2n) is 10.5. The van der Waals surface area contributed by atoms with Crippen molar-refractivity contribution in [3.8, 4) is 17.1 Å². The molecule has 1 N–H and O–H groups in total. The van der Waals surface area contributed by atoms with E-state index in [4.69, 9.17) is 10.4 Å². The summed E-state index contributed by atoms with van der Waals surface area (Å²) in [4.78, 5) is 5.37. The molecule has 0 spiro atoms. The van der Waals surface area contributed by atoms with Crippen LogP contribution in [0.1, 0.15) is 34.6 Å². The van der Waals surface area contributed by atoms with Crippen LogP contribution in [0.25, 0.3) is 72.3 Å². The predicted molar refractivity (Wildman–Crippen MR) is 210 cm³/mol. The molecule has 0 saturated carbocycles. The van der Waals surface area contributed by atoms with E-state index in [1.807, 2.05) is 77.1 Å². The highest BCUT2D eigenvalue weighted by molar-refractivity contribution is 6.21. The van der Waals surface area contributed by atoms with Crippen molar-refractivity contribution in [1.82, 2.24) is 18.7 Å². The standard InChI is InChI=1S/C39H31N5.2C2H6/c1-4-15-28(16-5-2)43-36-25-35-32(31-22-13-14-23-34(31)42(35)30(26-40)17-6-3)24-33(36)37-39(43)41-38(27-18-9-7-10-19-27)44(37)29-20-11-8-12-21-29;2*1-2/h4-26,40H,1,3H2,2H3;2*1-2H3/b16-5-,28-15+,30-17+,40-26?;;. The number of para-hydroxylation sites is 2. The molecule has 0 aliphatic carbocycles. The van der Waals surface area contributed by atoms with E-state index < -0.39 is 0 Å². The molecular weight excluding hydrogens is 587 g/mol. The molecule has 7 rings (SSSR count). The third kappa shape index (κ3) is 5.64. The number of benzene rings is 4. The summed E-state index contributed by atoms with van der Waals surface area (Å²) in [5, 5.41) is 11.6. The molecule has 7 aromatic rings. The van der Waals surface area contributed by atoms with Gasteiger partial charge in [-0.3, -0.25) is 9.13 Å². The van der Waals surface area contributed by atoms with Crippen molar-refractivity contribution in [3.05, 3.63) is 147 Å². The molecule has 0 saturated heterocycles. The molecule has 0 radical (unpaired) electrons. The first-order valence-electron chi connectivity index (χ1n) is 16.6. The van der Waals surface area contributed by atoms with Crippen LogP contribution in [-0.4, -0.2) is 24.9 Å². The van der Waals surface area contributed by atoms with Gasteiger partial charge in [0.25, 0.3) is 0 Å². The van der Waals surface area contributed by atoms with E-state index in [0.29, 0.717) is 0 Å². The molecule has 240 valence electrons. The lowest BCUT2D eigenvalue weighted by molar-refractivity contribution is 1.10. The monoisotopic (exact) mass is 629 g/mol. The van der Waals surface area contributed by atoms with Crippen LogP contribution in [-0.2, 0) is 0 Å². The third-order valence-corrected chi connectivity index (χ3v) is 7.98. The second kappa shape index (κ2) is 15.1. The van der Waals surface area contributed by atoms with Crippen LogP contribution >= 0.6 is 0 Å². The van der Waals surface area contributed by atoms with Crippen molar-refractivity contribution in [1.29, 1.82) is 5.41 Å². The van der Waals surface area contributed by atoms with E-state index in [0.717, 1.165) is 72.3 Å². The molecule has 4 aromatic carbocycles. The average Bonchev–Trinajstić information content (AvgIpc) is 3.79. The molecule has 0 atom stereocenters. The third-order valence-electron chi connectivity index (χ3n) is 7.98. The van der Waals surface area contributed by atoms with Gasteiger partial charge in [0.2, 0.25) is 0 Å². The molecule has 3 aromatic heterocycles. The zero-order valence-corrected chi connectivity index (χ0v) is 28.5. The van der Waals surface area contributed by atoms with Gasteiger partial charge < -0.3 is 9.98 Å². The molecule has 5 heteroatoms. The Morgan fingerprint density at radius 3 is 1.92 bits per heavy atom. The number of imidazole rings is 1. The maximum absolute atomic E-state index is 8.25. The van der Waals surface area contributed by atoms with Crippen LogP contribution < -0.4 is 0 Å². The normalized spacial score (nSPS) is 11.9. The topological polar surface area (TPSA) is 51.5 Å². The van der Waals surface area contributed by atoms with Crippen molar-refractivity contribution >= 4 is 61.5 Å². The van der Waals surface area contributed by atoms with Crippen LogP contribution in [0.2, 0.25) is 0 Å². The lowest BCUT2D eigenvalue weighted by Crippen LogP contribution is -1.99. The van der Waals surface area contributed by atoms with E-state index in [2.05, 4.69) is 112 Å². The summed E-state index contributed by atoms with van der Waals surface area (Å²) in [7, 11) is 0. The highest BCUT2D eigenvalue weighted by atomic mass is 15.2. The summed E-state index contributed by atoms with van der Waals surface area (Å²) in [6, 6.07) is 33.6. The first-order valence-corrected chi connectivity index (χ1v) is 16.6. The number of nitrogens with zero attached hydrogens (tertiary/aromatic N) is 4. The van der Waals surface area contributed by atoms with Crippen LogP contribution in [0.4, 0.5) is 0 Å². The maximum Gasteiger partial charge on any atom is 0.165 e. The van der Waals surface area contributed by atoms with Crippen molar-refractivity contribution in [2.45, 2.75) is 34.6 Å². The number of hydrogen-bond acceptors (Lipinski definition) is 2. The fourth-order valence-corrected chi connectivity index (χ4v) is 6.25. The van der Waals surface area contributed by atoms with Crippen molar-refractivity contribution in [2.75, 3.05) is 0 Å². The predicted octanol–water partition coefficient (Wildman–Crippen LogP) is 12.1. The van der Waals surface area contributed by atoms with Gasteiger partial charge in [0.1, 0.15) is 11.3 Å². The van der Waals surface area contributed by atoms with Gasteiger partial charge in [0.15, 0.2) is 5.65 Å². The van der Waals surface area contributed by atoms with Crippen LogP contribution in [0, 0.1) is 5.41 Å². The Morgan fingerprint density at radius 1 is 0.667 bits per heavy atom. The van der Waals surface area contributed by atoms with Crippen molar-refractivity contribution in [3.63, 3.8) is 0 Å². The van der Waals surface area contributed by atoms with Gasteiger partial charge in [0, 0.05) is 39.3 Å². The van der Waals surface area contributed by atoms with Crippen LogP contribution in [0.5, 0.6) is 0 Å². The van der Waals surface area contributed by atoms with E-state index in [9.17, 15) is 0 Å². The Morgan fingerprint density at radius 2 is 1.27 bits per heavy atom. The minimum absolute atomic E-state index is 0.738. The molecule has 0 fully saturated rings. The van der Waals surface area contributed by atoms with Gasteiger partial charge in [-0.1, -0.05) is 126 Å². The summed E-state index contributed by atoms with van der Waals surface area (Å²) in [6.07, 6.45) is 12.9. The lowest BCUT2D eigenvalue weighted by atomic mass is 10.1. The van der Waals surface area contributed by atoms with Crippen molar-refractivity contribution in [2.24, 2.45) is 0 Å². The fourth-order valence-electron chi connectivity index (χ4n) is 6.25. The molecule has 0 amide bonds. The molecular formula is C43H43N5. The number of allylic oxidation sites excluding steroid dienone is 8. The van der Waals surface area contributed by atoms with Gasteiger partial charge in [-0.05, 0) is 55.5 Å². The zero-order chi connectivity index (χ0) is 34.2. The minimum atomic E-state index is 0.738. The molecule has 5 nitrogen and oxygen atoms in total. The minimum Gasteiger partial charge on any atom is -0.308 e. The van der Waals surface area contributed by atoms with E-state index in [-0.39, 0.29) is 0 Å². The smallest absolute Gasteiger partial charge is 0.165 e. The van der Waals surface area contributed by atoms with Crippen LogP contribution in [0.15, 0.2) is 147 Å². The Kier molecular flexibility index (Phi) is 10.5. The van der Waals surface area contributed by atoms with Gasteiger partial charge >= 0.3 is 0 Å². The number of rotatable bonds is 8. The number of nitrogens with one attached hydrogen (secondary N) is 1. The first kappa shape index (κ1) is 33.4. The fraction of sp³-hybridized carbons (Fsp3) is 0.116. The molecule has 48 heavy (non-hydrogen) atoms. The maximum atomic E-state index is 8.25. The van der Waals surface area contributed by atoms with Crippen molar-refractivity contribution < 1.29 is 0 Å². The molecule has 0 aliphatic rings. The zero-order valence-electron chi connectivity index (χ0n) is 28.5. The highest BCUT2D eigenvalue weighted by Crippen LogP contribution is 2.41. The first-order chi connectivity index (χ1) is 23.7. The van der Waals surface area contributed by atoms with Gasteiger partial charge in [-0.25, -0.2) is 4.98 Å². The summed E-state index contributed by atoms with van der Waals surface area (Å²) < 4.78 is 6.64. The number of hydrogen-bond donors (Lipinski definition) is 1. The molecule has 0 aliphatic heterocycles. The van der Waals surface area contributed by atoms with Gasteiger partial charge in [-0.15, -0.1) is 0 Å². The van der Waals surface area contributed by atoms with E-state index >= 15 is 0 Å². The van der Waals surface area contributed by atoms with Gasteiger partial charge in [0.05, 0.1) is 22.2 Å². The average molecular weight is 630 g/mol. The quantitative estimate of drug-likeness (QED) is 0.132. The summed E-state index contributed by atoms with van der Waals surface area (Å²) in [5.74, 6) is 0.874. The Balaban J connectivity index is 0.00000109. The largest absolute Gasteiger partial charge is 0.308 e. The summed E-state index contributed by atoms with van der Waals surface area (Å²) in [5.41, 5.74) is 8.70. The van der Waals surface area contributed by atoms with Crippen LogP contribution in [0.3, 0.4) is 0 Å². The lowest BCUT2D eigenvalue weighted by Gasteiger charge is -2.11.